The SMILES string of the molecule is Cc1ccc(S(=O)(=O)[C@H]2[C@@H](C(N)=S)[C@@H]2c2ccccc2)cc1. The van der Waals surface area contributed by atoms with Gasteiger partial charge >= 0.3 is 0 Å². The van der Waals surface area contributed by atoms with E-state index < -0.39 is 15.1 Å². The lowest BCUT2D eigenvalue weighted by Gasteiger charge is -2.05. The summed E-state index contributed by atoms with van der Waals surface area (Å²) < 4.78 is 25.8. The van der Waals surface area contributed by atoms with Gasteiger partial charge in [0.25, 0.3) is 0 Å². The highest BCUT2D eigenvalue weighted by atomic mass is 32.2. The maximum absolute atomic E-state index is 12.9. The minimum Gasteiger partial charge on any atom is -0.393 e. The normalized spacial score (nSPS) is 24.0. The van der Waals surface area contributed by atoms with Crippen LogP contribution in [0, 0.1) is 12.8 Å². The maximum atomic E-state index is 12.9. The Morgan fingerprint density at radius 2 is 1.64 bits per heavy atom. The number of thiocarbonyl (C=S) groups is 1. The highest BCUT2D eigenvalue weighted by Crippen LogP contribution is 2.54. The van der Waals surface area contributed by atoms with E-state index in [0.29, 0.717) is 4.90 Å². The molecule has 2 aromatic rings. The van der Waals surface area contributed by atoms with Crippen molar-refractivity contribution in [1.29, 1.82) is 0 Å². The van der Waals surface area contributed by atoms with Gasteiger partial charge in [-0.3, -0.25) is 0 Å². The van der Waals surface area contributed by atoms with Crippen LogP contribution < -0.4 is 5.73 Å². The summed E-state index contributed by atoms with van der Waals surface area (Å²) in [6, 6.07) is 16.5. The Bertz CT molecular complexity index is 798. The predicted molar refractivity (Wildman–Crippen MR) is 91.6 cm³/mol. The number of hydrogen-bond donors (Lipinski definition) is 1. The van der Waals surface area contributed by atoms with Gasteiger partial charge in [-0.05, 0) is 24.6 Å². The lowest BCUT2D eigenvalue weighted by Crippen LogP contribution is -2.17. The van der Waals surface area contributed by atoms with Crippen LogP contribution in [0.4, 0.5) is 0 Å². The van der Waals surface area contributed by atoms with Gasteiger partial charge in [0, 0.05) is 11.8 Å². The fourth-order valence-electron chi connectivity index (χ4n) is 2.97. The number of benzene rings is 2. The standard InChI is InChI=1S/C17H17NO2S2/c1-11-7-9-13(10-8-11)22(19,20)16-14(15(16)17(18)21)12-5-3-2-4-6-12/h2-10,14-16H,1H3,(H2,18,21)/t14-,15-,16+/m0/s1. The van der Waals surface area contributed by atoms with Crippen molar-refractivity contribution >= 4 is 27.0 Å². The smallest absolute Gasteiger partial charge is 0.182 e. The summed E-state index contributed by atoms with van der Waals surface area (Å²) in [5.74, 6) is -0.436. The molecule has 3 nitrogen and oxygen atoms in total. The van der Waals surface area contributed by atoms with Crippen LogP contribution in [-0.2, 0) is 9.84 Å². The molecule has 0 bridgehead atoms. The van der Waals surface area contributed by atoms with Gasteiger partial charge in [-0.2, -0.15) is 0 Å². The van der Waals surface area contributed by atoms with Crippen molar-refractivity contribution in [1.82, 2.24) is 0 Å². The Morgan fingerprint density at radius 1 is 1.05 bits per heavy atom. The van der Waals surface area contributed by atoms with Gasteiger partial charge in [0.2, 0.25) is 0 Å². The average Bonchev–Trinajstić information content (AvgIpc) is 3.25. The monoisotopic (exact) mass is 331 g/mol. The second-order valence-electron chi connectivity index (χ2n) is 5.69. The number of sulfone groups is 1. The molecule has 0 saturated heterocycles. The first-order valence-corrected chi connectivity index (χ1v) is 9.03. The molecule has 114 valence electrons. The van der Waals surface area contributed by atoms with Gasteiger partial charge in [0.15, 0.2) is 9.84 Å². The molecular formula is C17H17NO2S2. The summed E-state index contributed by atoms with van der Waals surface area (Å²) in [5.41, 5.74) is 7.78. The third kappa shape index (κ3) is 2.55. The highest BCUT2D eigenvalue weighted by Gasteiger charge is 2.60. The fraction of sp³-hybridized carbons (Fsp3) is 0.235. The van der Waals surface area contributed by atoms with E-state index in [2.05, 4.69) is 0 Å². The topological polar surface area (TPSA) is 60.2 Å². The Balaban J connectivity index is 1.99. The predicted octanol–water partition coefficient (Wildman–Crippen LogP) is 2.84. The van der Waals surface area contributed by atoms with Crippen molar-refractivity contribution in [2.24, 2.45) is 11.7 Å². The van der Waals surface area contributed by atoms with E-state index in [1.165, 1.54) is 0 Å². The van der Waals surface area contributed by atoms with E-state index in [4.69, 9.17) is 18.0 Å². The summed E-state index contributed by atoms with van der Waals surface area (Å²) in [6.07, 6.45) is 0. The van der Waals surface area contributed by atoms with E-state index in [1.807, 2.05) is 49.4 Å². The first kappa shape index (κ1) is 15.2. The molecule has 0 aliphatic heterocycles. The molecule has 1 fully saturated rings. The second-order valence-corrected chi connectivity index (χ2v) is 8.26. The molecule has 0 amide bonds. The molecule has 2 N–H and O–H groups in total. The first-order chi connectivity index (χ1) is 10.4. The van der Waals surface area contributed by atoms with Crippen molar-refractivity contribution in [3.63, 3.8) is 0 Å². The number of rotatable bonds is 4. The molecule has 2 aromatic carbocycles. The molecule has 0 unspecified atom stereocenters. The molecule has 0 heterocycles. The van der Waals surface area contributed by atoms with E-state index in [1.54, 1.807) is 12.1 Å². The zero-order valence-electron chi connectivity index (χ0n) is 12.1. The molecular weight excluding hydrogens is 314 g/mol. The summed E-state index contributed by atoms with van der Waals surface area (Å²) in [7, 11) is -3.44. The zero-order chi connectivity index (χ0) is 15.9. The molecule has 1 aliphatic rings. The van der Waals surface area contributed by atoms with E-state index in [-0.39, 0.29) is 16.8 Å². The van der Waals surface area contributed by atoms with Gasteiger partial charge in [0.1, 0.15) is 0 Å². The lowest BCUT2D eigenvalue weighted by atomic mass is 10.1. The quantitative estimate of drug-likeness (QED) is 0.875. The Hall–Kier alpha value is -1.72. The summed E-state index contributed by atoms with van der Waals surface area (Å²) in [5, 5.41) is -0.560. The third-order valence-corrected chi connectivity index (χ3v) is 6.68. The van der Waals surface area contributed by atoms with Gasteiger partial charge in [0.05, 0.1) is 15.1 Å². The van der Waals surface area contributed by atoms with Crippen LogP contribution in [0.3, 0.4) is 0 Å². The van der Waals surface area contributed by atoms with Crippen molar-refractivity contribution in [3.05, 3.63) is 65.7 Å². The summed E-state index contributed by atoms with van der Waals surface area (Å²) in [4.78, 5) is 0.609. The second kappa shape index (κ2) is 5.48. The molecule has 22 heavy (non-hydrogen) atoms. The van der Waals surface area contributed by atoms with Crippen LogP contribution in [-0.4, -0.2) is 18.7 Å². The molecule has 0 aromatic heterocycles. The van der Waals surface area contributed by atoms with E-state index in [0.717, 1.165) is 11.1 Å². The van der Waals surface area contributed by atoms with Crippen molar-refractivity contribution in [2.75, 3.05) is 0 Å². The zero-order valence-corrected chi connectivity index (χ0v) is 13.8. The van der Waals surface area contributed by atoms with Crippen molar-refractivity contribution < 1.29 is 8.42 Å². The molecule has 0 spiro atoms. The number of nitrogens with two attached hydrogens (primary N) is 1. The fourth-order valence-corrected chi connectivity index (χ4v) is 5.50. The minimum atomic E-state index is -3.44. The Morgan fingerprint density at radius 3 is 2.18 bits per heavy atom. The number of aryl methyl sites for hydroxylation is 1. The van der Waals surface area contributed by atoms with E-state index >= 15 is 0 Å². The molecule has 3 atom stereocenters. The lowest BCUT2D eigenvalue weighted by molar-refractivity contribution is 0.593. The first-order valence-electron chi connectivity index (χ1n) is 7.08. The van der Waals surface area contributed by atoms with Crippen LogP contribution in [0.25, 0.3) is 0 Å². The van der Waals surface area contributed by atoms with Crippen LogP contribution in [0.2, 0.25) is 0 Å². The molecule has 1 aliphatic carbocycles. The van der Waals surface area contributed by atoms with Crippen LogP contribution in [0.1, 0.15) is 17.0 Å². The van der Waals surface area contributed by atoms with Crippen LogP contribution in [0.5, 0.6) is 0 Å². The Labute approximate surface area is 136 Å². The Kier molecular flexibility index (Phi) is 3.78. The number of hydrogen-bond acceptors (Lipinski definition) is 3. The molecule has 3 rings (SSSR count). The van der Waals surface area contributed by atoms with Gasteiger partial charge in [-0.25, -0.2) is 8.42 Å². The van der Waals surface area contributed by atoms with Crippen molar-refractivity contribution in [2.45, 2.75) is 23.0 Å². The average molecular weight is 331 g/mol. The van der Waals surface area contributed by atoms with Gasteiger partial charge in [-0.15, -0.1) is 0 Å². The summed E-state index contributed by atoms with van der Waals surface area (Å²) >= 11 is 5.09. The van der Waals surface area contributed by atoms with Crippen LogP contribution >= 0.6 is 12.2 Å². The summed E-state index contributed by atoms with van der Waals surface area (Å²) in [6.45, 7) is 1.93. The van der Waals surface area contributed by atoms with Crippen molar-refractivity contribution in [3.8, 4) is 0 Å². The molecule has 5 heteroatoms. The third-order valence-electron chi connectivity index (χ3n) is 4.17. The minimum absolute atomic E-state index is 0.148. The van der Waals surface area contributed by atoms with Crippen LogP contribution in [0.15, 0.2) is 59.5 Å². The van der Waals surface area contributed by atoms with Gasteiger partial charge < -0.3 is 5.73 Å². The van der Waals surface area contributed by atoms with Gasteiger partial charge in [-0.1, -0.05) is 60.2 Å². The highest BCUT2D eigenvalue weighted by molar-refractivity contribution is 7.92. The van der Waals surface area contributed by atoms with E-state index in [9.17, 15) is 8.42 Å². The molecule has 1 saturated carbocycles. The molecule has 0 radical (unpaired) electrons. The maximum Gasteiger partial charge on any atom is 0.182 e. The largest absolute Gasteiger partial charge is 0.393 e.